The van der Waals surface area contributed by atoms with Crippen LogP contribution < -0.4 is 25.2 Å². The number of carbonyl (C=O) groups excluding carboxylic acids is 4. The van der Waals surface area contributed by atoms with Crippen molar-refractivity contribution in [3.8, 4) is 22.6 Å². The van der Waals surface area contributed by atoms with Gasteiger partial charge in [0, 0.05) is 81.4 Å². The summed E-state index contributed by atoms with van der Waals surface area (Å²) >= 11 is 0. The van der Waals surface area contributed by atoms with Gasteiger partial charge in [-0.1, -0.05) is 0 Å². The number of rotatable bonds is 11. The van der Waals surface area contributed by atoms with Gasteiger partial charge in [0.2, 0.25) is 11.8 Å². The van der Waals surface area contributed by atoms with Crippen molar-refractivity contribution in [1.82, 2.24) is 29.6 Å². The van der Waals surface area contributed by atoms with E-state index in [-0.39, 0.29) is 24.3 Å². The Labute approximate surface area is 343 Å². The van der Waals surface area contributed by atoms with Gasteiger partial charge in [-0.3, -0.25) is 49.0 Å². The van der Waals surface area contributed by atoms with Crippen LogP contribution in [-0.4, -0.2) is 114 Å². The zero-order valence-corrected chi connectivity index (χ0v) is 34.0. The van der Waals surface area contributed by atoms with Crippen LogP contribution in [0.2, 0.25) is 0 Å². The quantitative estimate of drug-likeness (QED) is 0.217. The van der Waals surface area contributed by atoms with Crippen LogP contribution in [-0.2, 0) is 23.2 Å². The molecule has 1 aliphatic carbocycles. The summed E-state index contributed by atoms with van der Waals surface area (Å²) in [7, 11) is 5.19. The number of fused-ring (bicyclic) bond motifs is 2. The Morgan fingerprint density at radius 3 is 2.15 bits per heavy atom. The van der Waals surface area contributed by atoms with Crippen LogP contribution in [0.3, 0.4) is 0 Å². The summed E-state index contributed by atoms with van der Waals surface area (Å²) < 4.78 is 13.6. The first-order chi connectivity index (χ1) is 28.6. The summed E-state index contributed by atoms with van der Waals surface area (Å²) in [4.78, 5) is 76.6. The molecule has 0 radical (unpaired) electrons. The molecule has 1 saturated carbocycles. The second-order valence-electron chi connectivity index (χ2n) is 16.8. The average molecular weight is 802 g/mol. The number of benzene rings is 2. The molecule has 4 aliphatic heterocycles. The van der Waals surface area contributed by atoms with Crippen molar-refractivity contribution in [1.29, 1.82) is 0 Å². The predicted molar refractivity (Wildman–Crippen MR) is 222 cm³/mol. The number of piperazine rings is 1. The molecule has 4 fully saturated rings. The first-order valence-electron chi connectivity index (χ1n) is 20.9. The third-order valence-electron chi connectivity index (χ3n) is 13.1. The molecule has 59 heavy (non-hydrogen) atoms. The van der Waals surface area contributed by atoms with E-state index < -0.39 is 23.8 Å². The van der Waals surface area contributed by atoms with Gasteiger partial charge in [-0.05, 0) is 111 Å². The number of hydrogen-bond acceptors (Lipinski definition) is 11. The second-order valence-corrected chi connectivity index (χ2v) is 16.8. The number of imide groups is 2. The number of carbonyl (C=O) groups is 4. The number of amides is 4. The van der Waals surface area contributed by atoms with E-state index in [2.05, 4.69) is 43.2 Å². The maximum atomic E-state index is 13.4. The molecular weight excluding hydrogens is 751 g/mol. The Morgan fingerprint density at radius 1 is 0.763 bits per heavy atom. The van der Waals surface area contributed by atoms with Crippen LogP contribution in [0.5, 0.6) is 11.5 Å². The van der Waals surface area contributed by atoms with Crippen molar-refractivity contribution in [2.45, 2.75) is 63.5 Å². The summed E-state index contributed by atoms with van der Waals surface area (Å²) in [5, 5.41) is 3.77. The zero-order chi connectivity index (χ0) is 40.9. The van der Waals surface area contributed by atoms with Gasteiger partial charge in [0.05, 0.1) is 36.3 Å². The summed E-state index contributed by atoms with van der Waals surface area (Å²) in [5.74, 6) is 0.715. The first kappa shape index (κ1) is 38.9. The number of likely N-dealkylation sites (tertiary alicyclic amines) is 1. The molecule has 4 amide bonds. The summed E-state index contributed by atoms with van der Waals surface area (Å²) in [6.07, 6.45) is 9.55. The maximum Gasteiger partial charge on any atom is 0.262 e. The number of anilines is 1. The summed E-state index contributed by atoms with van der Waals surface area (Å²) in [6, 6.07) is 10.6. The molecule has 1 N–H and O–H groups in total. The highest BCUT2D eigenvalue weighted by Gasteiger charge is 2.45. The second kappa shape index (κ2) is 15.9. The number of hydrogen-bond donors (Lipinski definition) is 1. The maximum absolute atomic E-state index is 13.4. The van der Waals surface area contributed by atoms with Crippen molar-refractivity contribution in [3.63, 3.8) is 0 Å². The van der Waals surface area contributed by atoms with E-state index in [1.54, 1.807) is 44.2 Å². The molecule has 5 aliphatic rings. The van der Waals surface area contributed by atoms with E-state index in [1.165, 1.54) is 0 Å². The monoisotopic (exact) mass is 801 g/mol. The van der Waals surface area contributed by atoms with Crippen LogP contribution in [0, 0.1) is 5.92 Å². The molecule has 1 unspecified atom stereocenters. The van der Waals surface area contributed by atoms with Crippen molar-refractivity contribution in [3.05, 3.63) is 81.5 Å². The Hall–Kier alpha value is -5.60. The number of pyridine rings is 2. The molecule has 6 heterocycles. The number of nitrogens with one attached hydrogen (secondary N) is 1. The van der Waals surface area contributed by atoms with Crippen molar-refractivity contribution in [2.75, 3.05) is 64.9 Å². The smallest absolute Gasteiger partial charge is 0.262 e. The minimum absolute atomic E-state index is 0.0603. The van der Waals surface area contributed by atoms with Crippen LogP contribution in [0.4, 0.5) is 5.69 Å². The number of aromatic nitrogens is 2. The molecule has 14 nitrogen and oxygen atoms in total. The van der Waals surface area contributed by atoms with Gasteiger partial charge in [0.1, 0.15) is 17.5 Å². The first-order valence-corrected chi connectivity index (χ1v) is 20.9. The fourth-order valence-corrected chi connectivity index (χ4v) is 9.41. The van der Waals surface area contributed by atoms with Gasteiger partial charge in [0.15, 0.2) is 0 Å². The third-order valence-corrected chi connectivity index (χ3v) is 13.1. The lowest BCUT2D eigenvalue weighted by atomic mass is 9.92. The molecule has 0 bridgehead atoms. The molecule has 4 aromatic rings. The van der Waals surface area contributed by atoms with E-state index in [9.17, 15) is 24.0 Å². The van der Waals surface area contributed by atoms with E-state index in [0.29, 0.717) is 28.3 Å². The molecule has 2 aromatic heterocycles. The molecule has 14 heteroatoms. The Balaban J connectivity index is 0.785. The summed E-state index contributed by atoms with van der Waals surface area (Å²) in [5.41, 5.74) is 5.41. The molecule has 2 aromatic carbocycles. The SMILES string of the molecule is COc1cc(-c2cn(C)c(=O)c3cnc(C4CC4)cc23)cc(OC)c1CN1CCC(CCN2CCN(c3ccc4c(c3)C(=O)N(C3CCC(=O)NC3=O)C4=O)CC2)CC1. The van der Waals surface area contributed by atoms with Gasteiger partial charge in [0.25, 0.3) is 17.4 Å². The van der Waals surface area contributed by atoms with E-state index >= 15 is 0 Å². The number of aryl methyl sites for hydroxylation is 1. The lowest BCUT2D eigenvalue weighted by Gasteiger charge is -2.38. The minimum atomic E-state index is -0.968. The van der Waals surface area contributed by atoms with Crippen molar-refractivity contribution >= 4 is 40.1 Å². The molecule has 3 saturated heterocycles. The molecule has 1 atom stereocenters. The third kappa shape index (κ3) is 7.48. The Kier molecular flexibility index (Phi) is 10.5. The molecule has 9 rings (SSSR count). The van der Waals surface area contributed by atoms with E-state index in [1.807, 2.05) is 12.3 Å². The van der Waals surface area contributed by atoms with Gasteiger partial charge >= 0.3 is 0 Å². The van der Waals surface area contributed by atoms with Gasteiger partial charge in [-0.25, -0.2) is 0 Å². The molecule has 0 spiro atoms. The summed E-state index contributed by atoms with van der Waals surface area (Å²) in [6.45, 7) is 7.21. The van der Waals surface area contributed by atoms with Crippen LogP contribution in [0.25, 0.3) is 21.9 Å². The predicted octanol–water partition coefficient (Wildman–Crippen LogP) is 4.32. The number of nitrogens with zero attached hydrogens (tertiary/aromatic N) is 6. The van der Waals surface area contributed by atoms with Crippen LogP contribution in [0.1, 0.15) is 82.8 Å². The van der Waals surface area contributed by atoms with Crippen LogP contribution in [0.15, 0.2) is 53.6 Å². The topological polar surface area (TPSA) is 147 Å². The fourth-order valence-electron chi connectivity index (χ4n) is 9.41. The number of ether oxygens (including phenoxy) is 2. The zero-order valence-electron chi connectivity index (χ0n) is 34.0. The van der Waals surface area contributed by atoms with Gasteiger partial charge in [-0.2, -0.15) is 0 Å². The minimum Gasteiger partial charge on any atom is -0.496 e. The lowest BCUT2D eigenvalue weighted by Crippen LogP contribution is -2.54. The fraction of sp³-hybridized carbons (Fsp3) is 0.467. The van der Waals surface area contributed by atoms with Gasteiger partial charge < -0.3 is 18.9 Å². The standard InChI is InChI=1S/C45H51N7O7/c1-48-25-35(32-23-37(28-4-5-28)46-24-34(32)43(48)55)29-20-39(58-2)36(40(21-29)59-3)26-50-14-11-27(12-15-50)10-13-49-16-18-51(19-17-49)30-6-7-31-33(22-30)45(57)52(44(31)56)38-8-9-41(53)47-42(38)54/h6-7,20-25,27-28,38H,4-5,8-19,26H2,1-3H3,(H,47,53,54). The molecular formula is C45H51N7O7. The van der Waals surface area contributed by atoms with E-state index in [4.69, 9.17) is 9.47 Å². The Morgan fingerprint density at radius 2 is 1.47 bits per heavy atom. The highest BCUT2D eigenvalue weighted by Crippen LogP contribution is 2.42. The average Bonchev–Trinajstić information content (AvgIpc) is 4.08. The van der Waals surface area contributed by atoms with Crippen molar-refractivity contribution < 1.29 is 28.7 Å². The number of piperidine rings is 2. The lowest BCUT2D eigenvalue weighted by molar-refractivity contribution is -0.136. The highest BCUT2D eigenvalue weighted by molar-refractivity contribution is 6.23. The van der Waals surface area contributed by atoms with Crippen molar-refractivity contribution in [2.24, 2.45) is 13.0 Å². The largest absolute Gasteiger partial charge is 0.496 e. The molecule has 308 valence electrons. The van der Waals surface area contributed by atoms with Crippen LogP contribution >= 0.6 is 0 Å². The highest BCUT2D eigenvalue weighted by atomic mass is 16.5. The van der Waals surface area contributed by atoms with E-state index in [0.717, 1.165) is 134 Å². The van der Waals surface area contributed by atoms with Gasteiger partial charge in [-0.15, -0.1) is 0 Å². The Bertz CT molecular complexity index is 2380. The number of methoxy groups -OCH3 is 2. The normalized spacial score (nSPS) is 20.7.